The number of aromatic amines is 1. The number of benzene rings is 1. The molecule has 1 aromatic carbocycles. The maximum atomic E-state index is 13.2. The second-order valence-corrected chi connectivity index (χ2v) is 8.18. The minimum atomic E-state index is 0.0542. The highest BCUT2D eigenvalue weighted by Gasteiger charge is 2.45. The highest BCUT2D eigenvalue weighted by atomic mass is 16.5. The Bertz CT molecular complexity index is 905. The first kappa shape index (κ1) is 16.7. The van der Waals surface area contributed by atoms with E-state index in [0.717, 1.165) is 55.5 Å². The number of carbonyl (C=O) groups is 2. The van der Waals surface area contributed by atoms with Crippen LogP contribution in [0.1, 0.15) is 36.2 Å². The van der Waals surface area contributed by atoms with Crippen molar-refractivity contribution in [1.29, 1.82) is 0 Å². The zero-order valence-electron chi connectivity index (χ0n) is 15.6. The van der Waals surface area contributed by atoms with E-state index < -0.39 is 0 Å². The van der Waals surface area contributed by atoms with Crippen LogP contribution in [-0.2, 0) is 4.79 Å². The Morgan fingerprint density at radius 3 is 3.00 bits per heavy atom. The lowest BCUT2D eigenvalue weighted by Crippen LogP contribution is -2.61. The van der Waals surface area contributed by atoms with Crippen LogP contribution >= 0.6 is 0 Å². The normalized spacial score (nSPS) is 27.6. The van der Waals surface area contributed by atoms with Crippen LogP contribution in [0.15, 0.2) is 24.3 Å². The number of nitrogens with one attached hydrogen (secondary N) is 1. The minimum absolute atomic E-state index is 0.0542. The summed E-state index contributed by atoms with van der Waals surface area (Å²) in [4.78, 5) is 32.8. The number of hydrogen-bond acceptors (Lipinski definition) is 3. The second kappa shape index (κ2) is 6.29. The Morgan fingerprint density at radius 2 is 2.15 bits per heavy atom. The van der Waals surface area contributed by atoms with Crippen LogP contribution in [0.3, 0.4) is 0 Å². The molecule has 3 aliphatic heterocycles. The second-order valence-electron chi connectivity index (χ2n) is 8.18. The van der Waals surface area contributed by atoms with E-state index in [2.05, 4.69) is 9.88 Å². The topological polar surface area (TPSA) is 65.6 Å². The predicted octanol–water partition coefficient (Wildman–Crippen LogP) is 2.65. The molecular formula is C21H25N3O3. The molecule has 0 spiro atoms. The van der Waals surface area contributed by atoms with Gasteiger partial charge in [0.2, 0.25) is 5.91 Å². The molecule has 6 nitrogen and oxygen atoms in total. The average molecular weight is 367 g/mol. The highest BCUT2D eigenvalue weighted by Crippen LogP contribution is 2.38. The Kier molecular flexibility index (Phi) is 3.88. The lowest BCUT2D eigenvalue weighted by Gasteiger charge is -2.52. The molecule has 0 aliphatic carbocycles. The Hall–Kier alpha value is -2.50. The van der Waals surface area contributed by atoms with Gasteiger partial charge in [-0.2, -0.15) is 0 Å². The number of rotatable bonds is 2. The molecule has 4 heterocycles. The first-order chi connectivity index (χ1) is 13.1. The van der Waals surface area contributed by atoms with E-state index in [1.807, 2.05) is 29.2 Å². The third kappa shape index (κ3) is 2.69. The molecule has 6 heteroatoms. The zero-order chi connectivity index (χ0) is 18.5. The summed E-state index contributed by atoms with van der Waals surface area (Å²) in [6.07, 6.45) is 3.89. The van der Waals surface area contributed by atoms with Crippen LogP contribution in [0.4, 0.5) is 0 Å². The number of fused-ring (bicyclic) bond motifs is 5. The van der Waals surface area contributed by atoms with E-state index >= 15 is 0 Å². The molecule has 2 aromatic rings. The van der Waals surface area contributed by atoms with Gasteiger partial charge in [-0.15, -0.1) is 0 Å². The summed E-state index contributed by atoms with van der Waals surface area (Å²) < 4.78 is 5.41. The summed E-state index contributed by atoms with van der Waals surface area (Å²) in [7, 11) is 1.65. The number of piperidine rings is 3. The van der Waals surface area contributed by atoms with Crippen molar-refractivity contribution in [2.45, 2.75) is 31.7 Å². The quantitative estimate of drug-likeness (QED) is 0.887. The maximum absolute atomic E-state index is 13.2. The number of methoxy groups -OCH3 is 1. The van der Waals surface area contributed by atoms with Crippen LogP contribution in [0.5, 0.6) is 5.75 Å². The Balaban J connectivity index is 1.40. The summed E-state index contributed by atoms with van der Waals surface area (Å²) in [6, 6.07) is 8.01. The highest BCUT2D eigenvalue weighted by molar-refractivity contribution is 5.99. The average Bonchev–Trinajstić information content (AvgIpc) is 3.12. The molecule has 1 N–H and O–H groups in total. The maximum Gasteiger partial charge on any atom is 0.270 e. The van der Waals surface area contributed by atoms with Gasteiger partial charge in [-0.3, -0.25) is 9.59 Å². The van der Waals surface area contributed by atoms with E-state index in [-0.39, 0.29) is 5.91 Å². The molecule has 3 atom stereocenters. The summed E-state index contributed by atoms with van der Waals surface area (Å²) in [5, 5.41) is 0.935. The molecule has 0 radical (unpaired) electrons. The van der Waals surface area contributed by atoms with Gasteiger partial charge in [-0.25, -0.2) is 0 Å². The molecule has 3 aliphatic rings. The fourth-order valence-corrected chi connectivity index (χ4v) is 5.37. The third-order valence-corrected chi connectivity index (χ3v) is 6.54. The molecule has 27 heavy (non-hydrogen) atoms. The number of aromatic nitrogens is 1. The molecule has 3 saturated heterocycles. The first-order valence-electron chi connectivity index (χ1n) is 9.88. The summed E-state index contributed by atoms with van der Waals surface area (Å²) in [5.74, 6) is 1.94. The van der Waals surface area contributed by atoms with Gasteiger partial charge >= 0.3 is 0 Å². The number of amides is 2. The molecule has 1 aromatic heterocycles. The largest absolute Gasteiger partial charge is 0.496 e. The van der Waals surface area contributed by atoms with Crippen molar-refractivity contribution in [2.24, 2.45) is 11.8 Å². The fourth-order valence-electron chi connectivity index (χ4n) is 5.37. The number of hydrogen-bond donors (Lipinski definition) is 1. The number of ether oxygens (including phenoxy) is 1. The van der Waals surface area contributed by atoms with Crippen molar-refractivity contribution in [3.05, 3.63) is 30.0 Å². The van der Waals surface area contributed by atoms with Crippen molar-refractivity contribution in [3.8, 4) is 5.75 Å². The van der Waals surface area contributed by atoms with Crippen molar-refractivity contribution >= 4 is 22.7 Å². The lowest BCUT2D eigenvalue weighted by atomic mass is 9.76. The first-order valence-corrected chi connectivity index (χ1v) is 9.88. The van der Waals surface area contributed by atoms with Crippen LogP contribution in [0.25, 0.3) is 10.9 Å². The van der Waals surface area contributed by atoms with Gasteiger partial charge in [-0.05, 0) is 49.3 Å². The monoisotopic (exact) mass is 367 g/mol. The Morgan fingerprint density at radius 1 is 1.26 bits per heavy atom. The van der Waals surface area contributed by atoms with E-state index in [0.29, 0.717) is 35.9 Å². The zero-order valence-corrected chi connectivity index (χ0v) is 15.6. The van der Waals surface area contributed by atoms with Crippen LogP contribution in [0.2, 0.25) is 0 Å². The van der Waals surface area contributed by atoms with Gasteiger partial charge in [0.05, 0.1) is 7.11 Å². The van der Waals surface area contributed by atoms with Gasteiger partial charge in [0.15, 0.2) is 0 Å². The number of nitrogens with zero attached hydrogens (tertiary/aromatic N) is 2. The van der Waals surface area contributed by atoms with Crippen LogP contribution in [-0.4, -0.2) is 59.4 Å². The van der Waals surface area contributed by atoms with Crippen LogP contribution in [0, 0.1) is 11.8 Å². The molecular weight excluding hydrogens is 342 g/mol. The minimum Gasteiger partial charge on any atom is -0.496 e. The van der Waals surface area contributed by atoms with Gasteiger partial charge in [0, 0.05) is 43.0 Å². The predicted molar refractivity (Wildman–Crippen MR) is 102 cm³/mol. The van der Waals surface area contributed by atoms with Crippen molar-refractivity contribution in [3.63, 3.8) is 0 Å². The summed E-state index contributed by atoms with van der Waals surface area (Å²) in [5.41, 5.74) is 1.53. The third-order valence-electron chi connectivity index (χ3n) is 6.54. The molecule has 1 unspecified atom stereocenters. The van der Waals surface area contributed by atoms with E-state index in [1.54, 1.807) is 7.11 Å². The summed E-state index contributed by atoms with van der Waals surface area (Å²) in [6.45, 7) is 2.29. The molecule has 5 rings (SSSR count). The van der Waals surface area contributed by atoms with E-state index in [1.165, 1.54) is 0 Å². The van der Waals surface area contributed by atoms with Crippen LogP contribution < -0.4 is 4.74 Å². The number of likely N-dealkylation sites (tertiary alicyclic amines) is 1. The van der Waals surface area contributed by atoms with E-state index in [4.69, 9.17) is 4.74 Å². The SMILES string of the molecule is COc1cccc2[nH]c(C(=O)N3C[C@H]4C[C@@H](C3)C3CCCC(=O)N3C4)cc12. The van der Waals surface area contributed by atoms with Gasteiger partial charge in [-0.1, -0.05) is 6.07 Å². The lowest BCUT2D eigenvalue weighted by molar-refractivity contribution is -0.144. The molecule has 0 saturated carbocycles. The van der Waals surface area contributed by atoms with Crippen molar-refractivity contribution < 1.29 is 14.3 Å². The standard InChI is InChI=1S/C21H25N3O3/c1-27-19-6-2-4-16-15(19)9-17(22-16)21(26)23-10-13-8-14(12-23)18-5-3-7-20(25)24(18)11-13/h2,4,6,9,13-14,18,22H,3,5,7-8,10-12H2,1H3/t13-,14+,18?/m1/s1. The smallest absolute Gasteiger partial charge is 0.270 e. The van der Waals surface area contributed by atoms with E-state index in [9.17, 15) is 9.59 Å². The van der Waals surface area contributed by atoms with Gasteiger partial charge < -0.3 is 19.5 Å². The van der Waals surface area contributed by atoms with Crippen molar-refractivity contribution in [1.82, 2.24) is 14.8 Å². The van der Waals surface area contributed by atoms with Gasteiger partial charge in [0.25, 0.3) is 5.91 Å². The Labute approximate surface area is 158 Å². The fraction of sp³-hybridized carbons (Fsp3) is 0.524. The molecule has 2 amide bonds. The summed E-state index contributed by atoms with van der Waals surface area (Å²) >= 11 is 0. The number of H-pyrrole nitrogens is 1. The molecule has 142 valence electrons. The van der Waals surface area contributed by atoms with Crippen molar-refractivity contribution in [2.75, 3.05) is 26.7 Å². The molecule has 3 fully saturated rings. The van der Waals surface area contributed by atoms with Gasteiger partial charge in [0.1, 0.15) is 11.4 Å². The molecule has 2 bridgehead atoms. The number of carbonyl (C=O) groups excluding carboxylic acids is 2.